The van der Waals surface area contributed by atoms with Crippen molar-refractivity contribution in [2.75, 3.05) is 26.3 Å². The van der Waals surface area contributed by atoms with Crippen LogP contribution >= 0.6 is 0 Å². The van der Waals surface area contributed by atoms with E-state index >= 15 is 0 Å². The van der Waals surface area contributed by atoms with Crippen LogP contribution in [-0.2, 0) is 23.9 Å². The quantitative estimate of drug-likeness (QED) is 0.361. The van der Waals surface area contributed by atoms with Crippen molar-refractivity contribution >= 4 is 17.8 Å². The minimum absolute atomic E-state index is 0.0680. The van der Waals surface area contributed by atoms with E-state index in [1.807, 2.05) is 29.2 Å². The lowest BCUT2D eigenvalue weighted by molar-refractivity contribution is -0.155. The first kappa shape index (κ1) is 23.5. The highest BCUT2D eigenvalue weighted by Gasteiger charge is 2.71. The average molecular weight is 473 g/mol. The largest absolute Gasteiger partial charge is 0.465 e. The van der Waals surface area contributed by atoms with Gasteiger partial charge in [0.15, 0.2) is 0 Å². The number of hydrogen-bond acceptors (Lipinski definition) is 6. The third-order valence-corrected chi connectivity index (χ3v) is 8.22. The third-order valence-electron chi connectivity index (χ3n) is 8.22. The molecule has 1 unspecified atom stereocenters. The van der Waals surface area contributed by atoms with Crippen molar-refractivity contribution in [2.45, 2.75) is 81.6 Å². The molecule has 5 atom stereocenters. The number of carbonyl (C=O) groups excluding carboxylic acids is 3. The zero-order chi connectivity index (χ0) is 23.7. The molecule has 0 radical (unpaired) electrons. The van der Waals surface area contributed by atoms with Crippen molar-refractivity contribution in [3.8, 4) is 0 Å². The first-order valence-electron chi connectivity index (χ1n) is 13.0. The van der Waals surface area contributed by atoms with Crippen molar-refractivity contribution in [3.63, 3.8) is 0 Å². The number of esters is 1. The van der Waals surface area contributed by atoms with E-state index in [2.05, 4.69) is 0 Å². The summed E-state index contributed by atoms with van der Waals surface area (Å²) in [5.74, 6) is -2.22. The molecule has 186 valence electrons. The van der Waals surface area contributed by atoms with Gasteiger partial charge in [-0.3, -0.25) is 14.4 Å². The minimum Gasteiger partial charge on any atom is -0.465 e. The standard InChI is InChI=1S/C26H36N2O6/c29-16-7-2-6-14-28-22-24(31)27(18-10-3-1-4-11-18)15-9-13-26(22)21(23(28)30)20-19(34-26)12-5-8-17-33-25(20)32/h5,9,12-13,18-22,29H,1-4,6-8,10-11,14-17H2/t19-,20+,21-,22?,26-/m0/s1. The molecule has 3 fully saturated rings. The van der Waals surface area contributed by atoms with Crippen molar-refractivity contribution < 1.29 is 29.0 Å². The summed E-state index contributed by atoms with van der Waals surface area (Å²) in [6, 6.07) is -0.611. The van der Waals surface area contributed by atoms with Crippen molar-refractivity contribution in [1.29, 1.82) is 0 Å². The Bertz CT molecular complexity index is 865. The number of likely N-dealkylation sites (tertiary alicyclic amines) is 1. The molecule has 0 aromatic carbocycles. The third kappa shape index (κ3) is 3.88. The van der Waals surface area contributed by atoms with Crippen LogP contribution < -0.4 is 0 Å². The Morgan fingerprint density at radius 3 is 2.65 bits per heavy atom. The highest BCUT2D eigenvalue weighted by atomic mass is 16.6. The molecule has 1 spiro atoms. The topological polar surface area (TPSA) is 96.4 Å². The zero-order valence-corrected chi connectivity index (χ0v) is 19.8. The van der Waals surface area contributed by atoms with Gasteiger partial charge < -0.3 is 24.4 Å². The van der Waals surface area contributed by atoms with Crippen LogP contribution in [0.5, 0.6) is 0 Å². The first-order chi connectivity index (χ1) is 16.6. The van der Waals surface area contributed by atoms with E-state index in [9.17, 15) is 14.4 Å². The number of aliphatic hydroxyl groups excluding tert-OH is 1. The molecule has 5 rings (SSSR count). The lowest BCUT2D eigenvalue weighted by atomic mass is 9.77. The van der Waals surface area contributed by atoms with Crippen LogP contribution in [0.25, 0.3) is 0 Å². The van der Waals surface area contributed by atoms with E-state index in [1.54, 1.807) is 4.90 Å². The summed E-state index contributed by atoms with van der Waals surface area (Å²) in [6.45, 7) is 1.29. The number of aliphatic hydroxyl groups is 1. The molecule has 4 aliphatic heterocycles. The maximum atomic E-state index is 14.2. The summed E-state index contributed by atoms with van der Waals surface area (Å²) >= 11 is 0. The summed E-state index contributed by atoms with van der Waals surface area (Å²) < 4.78 is 12.0. The molecule has 34 heavy (non-hydrogen) atoms. The molecule has 2 saturated heterocycles. The Kier molecular flexibility index (Phi) is 6.80. The van der Waals surface area contributed by atoms with Crippen LogP contribution in [0.2, 0.25) is 0 Å². The molecule has 1 aliphatic carbocycles. The fourth-order valence-corrected chi connectivity index (χ4v) is 6.66. The van der Waals surface area contributed by atoms with E-state index in [0.717, 1.165) is 32.1 Å². The molecule has 8 nitrogen and oxygen atoms in total. The molecule has 0 aromatic heterocycles. The van der Waals surface area contributed by atoms with Gasteiger partial charge >= 0.3 is 5.97 Å². The maximum absolute atomic E-state index is 14.2. The van der Waals surface area contributed by atoms with Gasteiger partial charge in [-0.2, -0.15) is 0 Å². The van der Waals surface area contributed by atoms with Crippen molar-refractivity contribution in [3.05, 3.63) is 24.3 Å². The van der Waals surface area contributed by atoms with Crippen molar-refractivity contribution in [1.82, 2.24) is 9.80 Å². The lowest BCUT2D eigenvalue weighted by Crippen LogP contribution is -2.57. The number of unbranched alkanes of at least 4 members (excludes halogenated alkanes) is 2. The van der Waals surface area contributed by atoms with E-state index in [0.29, 0.717) is 32.4 Å². The molecular weight excluding hydrogens is 436 g/mol. The predicted molar refractivity (Wildman–Crippen MR) is 123 cm³/mol. The zero-order valence-electron chi connectivity index (χ0n) is 19.8. The van der Waals surface area contributed by atoms with E-state index in [4.69, 9.17) is 14.6 Å². The van der Waals surface area contributed by atoms with E-state index in [-0.39, 0.29) is 31.1 Å². The lowest BCUT2D eigenvalue weighted by Gasteiger charge is -2.39. The Morgan fingerprint density at radius 2 is 1.85 bits per heavy atom. The van der Waals surface area contributed by atoms with Gasteiger partial charge in [0.2, 0.25) is 11.8 Å². The van der Waals surface area contributed by atoms with Gasteiger partial charge in [-0.15, -0.1) is 0 Å². The van der Waals surface area contributed by atoms with E-state index in [1.165, 1.54) is 6.42 Å². The minimum atomic E-state index is -1.17. The molecule has 1 saturated carbocycles. The SMILES string of the molecule is O=C1OCCC=C[C@@H]2O[C@]34C=CCN(C5CCCCC5)C(=O)C3N(CCCCCO)C(=O)[C@@H]4[C@H]12. The highest BCUT2D eigenvalue weighted by molar-refractivity contribution is 5.99. The van der Waals surface area contributed by atoms with Crippen LogP contribution in [0.4, 0.5) is 0 Å². The molecule has 8 heteroatoms. The van der Waals surface area contributed by atoms with Crippen LogP contribution in [-0.4, -0.2) is 82.8 Å². The monoisotopic (exact) mass is 472 g/mol. The van der Waals surface area contributed by atoms with Crippen LogP contribution in [0.3, 0.4) is 0 Å². The first-order valence-corrected chi connectivity index (χ1v) is 13.0. The van der Waals surface area contributed by atoms with Crippen LogP contribution in [0, 0.1) is 11.8 Å². The van der Waals surface area contributed by atoms with Crippen LogP contribution in [0.15, 0.2) is 24.3 Å². The number of nitrogens with zero attached hydrogens (tertiary/aromatic N) is 2. The Labute approximate surface area is 200 Å². The van der Waals surface area contributed by atoms with Crippen molar-refractivity contribution in [2.24, 2.45) is 11.8 Å². The number of hydrogen-bond donors (Lipinski definition) is 1. The van der Waals surface area contributed by atoms with E-state index < -0.39 is 35.6 Å². The summed E-state index contributed by atoms with van der Waals surface area (Å²) in [7, 11) is 0. The predicted octanol–water partition coefficient (Wildman–Crippen LogP) is 1.96. The highest BCUT2D eigenvalue weighted by Crippen LogP contribution is 2.53. The second-order valence-corrected chi connectivity index (χ2v) is 10.2. The molecule has 1 N–H and O–H groups in total. The summed E-state index contributed by atoms with van der Waals surface area (Å²) in [4.78, 5) is 44.7. The summed E-state index contributed by atoms with van der Waals surface area (Å²) in [6.07, 6.45) is 15.2. The molecular formula is C26H36N2O6. The number of amides is 2. The Morgan fingerprint density at radius 1 is 1.03 bits per heavy atom. The second-order valence-electron chi connectivity index (χ2n) is 10.2. The van der Waals surface area contributed by atoms with Gasteiger partial charge in [-0.05, 0) is 38.5 Å². The van der Waals surface area contributed by atoms with Gasteiger partial charge in [-0.1, -0.05) is 43.6 Å². The maximum Gasteiger partial charge on any atom is 0.312 e. The molecule has 0 bridgehead atoms. The number of cyclic esters (lactones) is 1. The fourth-order valence-electron chi connectivity index (χ4n) is 6.66. The fraction of sp³-hybridized carbons (Fsp3) is 0.731. The summed E-state index contributed by atoms with van der Waals surface area (Å²) in [5, 5.41) is 9.17. The Hall–Kier alpha value is -2.19. The smallest absolute Gasteiger partial charge is 0.312 e. The molecule has 5 aliphatic rings. The molecule has 4 heterocycles. The molecule has 2 amide bonds. The average Bonchev–Trinajstić information content (AvgIpc) is 3.21. The number of ether oxygens (including phenoxy) is 2. The van der Waals surface area contributed by atoms with Gasteiger partial charge in [0, 0.05) is 25.7 Å². The Balaban J connectivity index is 1.52. The van der Waals surface area contributed by atoms with Gasteiger partial charge in [0.05, 0.1) is 18.6 Å². The van der Waals surface area contributed by atoms with Gasteiger partial charge in [-0.25, -0.2) is 0 Å². The van der Waals surface area contributed by atoms with Gasteiger partial charge in [0.1, 0.15) is 17.6 Å². The van der Waals surface area contributed by atoms with Crippen LogP contribution in [0.1, 0.15) is 57.8 Å². The normalized spacial score (nSPS) is 36.0. The van der Waals surface area contributed by atoms with Gasteiger partial charge in [0.25, 0.3) is 0 Å². The number of rotatable bonds is 6. The molecule has 0 aromatic rings. The number of carbonyl (C=O) groups is 3. The summed E-state index contributed by atoms with van der Waals surface area (Å²) in [5.41, 5.74) is -1.17. The number of fused-ring (bicyclic) bond motifs is 2. The second kappa shape index (κ2) is 9.82.